The number of aromatic nitrogens is 1. The second-order valence-electron chi connectivity index (χ2n) is 2.60. The molecule has 62 valence electrons. The first kappa shape index (κ1) is 8.59. The smallest absolute Gasteiger partial charge is 0.246 e. The molecule has 3 nitrogen and oxygen atoms in total. The number of carbonyl (C=O) groups excluding carboxylic acids is 2. The van der Waals surface area contributed by atoms with Gasteiger partial charge in [-0.15, -0.1) is 0 Å². The van der Waals surface area contributed by atoms with E-state index in [0.717, 1.165) is 0 Å². The Balaban J connectivity index is 3.01. The highest BCUT2D eigenvalue weighted by Gasteiger charge is 2.08. The van der Waals surface area contributed by atoms with Crippen LogP contribution in [-0.2, 0) is 0 Å². The number of carbonyl (C=O) groups is 2. The van der Waals surface area contributed by atoms with Crippen molar-refractivity contribution in [2.24, 2.45) is 0 Å². The molecular weight excluding hydrogens is 154 g/mol. The topological polar surface area (TPSA) is 48.3 Å². The minimum Gasteiger partial charge on any atom is -0.294 e. The highest BCUT2D eigenvalue weighted by Crippen LogP contribution is 1.97. The number of H-pyrrole nitrogens is 1. The van der Waals surface area contributed by atoms with Crippen molar-refractivity contribution < 1.29 is 14.6 Å². The number of ketones is 2. The zero-order valence-electron chi connectivity index (χ0n) is 7.05. The van der Waals surface area contributed by atoms with Crippen molar-refractivity contribution in [3.8, 4) is 0 Å². The molecule has 0 saturated heterocycles. The van der Waals surface area contributed by atoms with E-state index in [2.05, 4.69) is 4.98 Å². The molecule has 1 aromatic rings. The molecule has 1 aromatic heterocycles. The largest absolute Gasteiger partial charge is 0.294 e. The lowest BCUT2D eigenvalue weighted by atomic mass is 10.2. The molecule has 0 aromatic carbocycles. The monoisotopic (exact) mass is 164 g/mol. The van der Waals surface area contributed by atoms with Crippen molar-refractivity contribution in [1.82, 2.24) is 0 Å². The van der Waals surface area contributed by atoms with Gasteiger partial charge in [0.15, 0.2) is 12.0 Å². The van der Waals surface area contributed by atoms with E-state index in [9.17, 15) is 9.59 Å². The number of hydrogen-bond donors (Lipinski definition) is 0. The van der Waals surface area contributed by atoms with E-state index in [1.165, 1.54) is 13.8 Å². The molecule has 0 fully saturated rings. The van der Waals surface area contributed by atoms with Crippen LogP contribution in [-0.4, -0.2) is 11.6 Å². The zero-order valence-corrected chi connectivity index (χ0v) is 7.05. The Kier molecular flexibility index (Phi) is 2.33. The molecule has 1 rings (SSSR count). The predicted molar refractivity (Wildman–Crippen MR) is 43.0 cm³/mol. The van der Waals surface area contributed by atoms with Crippen molar-refractivity contribution in [3.05, 3.63) is 29.6 Å². The van der Waals surface area contributed by atoms with E-state index >= 15 is 0 Å². The minimum atomic E-state index is -0.0369. The molecule has 0 aliphatic rings. The summed E-state index contributed by atoms with van der Waals surface area (Å²) in [5.74, 6) is -0.0496. The van der Waals surface area contributed by atoms with Crippen LogP contribution >= 0.6 is 0 Å². The number of nitrogens with one attached hydrogen (secondary N) is 1. The van der Waals surface area contributed by atoms with Crippen molar-refractivity contribution in [1.29, 1.82) is 0 Å². The van der Waals surface area contributed by atoms with Crippen LogP contribution in [0.5, 0.6) is 0 Å². The van der Waals surface area contributed by atoms with Crippen LogP contribution in [0.25, 0.3) is 0 Å². The summed E-state index contributed by atoms with van der Waals surface area (Å²) in [7, 11) is 0. The van der Waals surface area contributed by atoms with Gasteiger partial charge in [-0.3, -0.25) is 9.59 Å². The Labute approximate surface area is 70.4 Å². The summed E-state index contributed by atoms with van der Waals surface area (Å²) in [4.78, 5) is 24.4. The van der Waals surface area contributed by atoms with Gasteiger partial charge in [-0.05, 0) is 13.0 Å². The summed E-state index contributed by atoms with van der Waals surface area (Å²) in [5, 5.41) is 0. The number of aromatic amines is 1. The van der Waals surface area contributed by atoms with Crippen LogP contribution in [0.4, 0.5) is 0 Å². The third kappa shape index (κ3) is 1.75. The second-order valence-corrected chi connectivity index (χ2v) is 2.60. The molecule has 0 atom stereocenters. The highest BCUT2D eigenvalue weighted by molar-refractivity contribution is 5.94. The molecule has 0 spiro atoms. The van der Waals surface area contributed by atoms with Gasteiger partial charge in [0.25, 0.3) is 0 Å². The molecule has 0 amide bonds. The molecule has 1 heterocycles. The third-order valence-corrected chi connectivity index (χ3v) is 1.60. The maximum absolute atomic E-state index is 10.8. The van der Waals surface area contributed by atoms with Gasteiger partial charge in [0.1, 0.15) is 0 Å². The van der Waals surface area contributed by atoms with E-state index in [-0.39, 0.29) is 11.6 Å². The Bertz CT molecular complexity index is 281. The molecule has 3 heteroatoms. The molecule has 0 saturated carbocycles. The first-order chi connectivity index (χ1) is 5.61. The van der Waals surface area contributed by atoms with Crippen LogP contribution in [0.1, 0.15) is 34.7 Å². The number of rotatable bonds is 2. The number of hydrogen-bond acceptors (Lipinski definition) is 2. The average Bonchev–Trinajstić information content (AvgIpc) is 2.04. The van der Waals surface area contributed by atoms with E-state index in [4.69, 9.17) is 0 Å². The quantitative estimate of drug-likeness (QED) is 0.610. The Morgan fingerprint density at radius 1 is 1.17 bits per heavy atom. The third-order valence-electron chi connectivity index (χ3n) is 1.60. The van der Waals surface area contributed by atoms with E-state index in [1.807, 2.05) is 0 Å². The summed E-state index contributed by atoms with van der Waals surface area (Å²) in [6, 6.07) is 3.24. The molecule has 1 N–H and O–H groups in total. The van der Waals surface area contributed by atoms with Crippen LogP contribution in [0.2, 0.25) is 0 Å². The molecule has 0 radical (unpaired) electrons. The van der Waals surface area contributed by atoms with Gasteiger partial charge in [-0.2, -0.15) is 0 Å². The lowest BCUT2D eigenvalue weighted by Gasteiger charge is -1.90. The Morgan fingerprint density at radius 3 is 2.17 bits per heavy atom. The summed E-state index contributed by atoms with van der Waals surface area (Å²) >= 11 is 0. The van der Waals surface area contributed by atoms with E-state index in [0.29, 0.717) is 11.3 Å². The van der Waals surface area contributed by atoms with Gasteiger partial charge in [0, 0.05) is 13.0 Å². The fourth-order valence-corrected chi connectivity index (χ4v) is 0.863. The van der Waals surface area contributed by atoms with Crippen molar-refractivity contribution in [2.45, 2.75) is 13.8 Å². The molecule has 0 aliphatic carbocycles. The van der Waals surface area contributed by atoms with Crippen LogP contribution in [0.15, 0.2) is 18.3 Å². The van der Waals surface area contributed by atoms with Gasteiger partial charge in [-0.1, -0.05) is 0 Å². The van der Waals surface area contributed by atoms with Crippen molar-refractivity contribution >= 4 is 11.6 Å². The normalized spacial score (nSPS) is 9.50. The van der Waals surface area contributed by atoms with Crippen LogP contribution < -0.4 is 4.98 Å². The van der Waals surface area contributed by atoms with Gasteiger partial charge in [0.2, 0.25) is 11.5 Å². The maximum Gasteiger partial charge on any atom is 0.246 e. The predicted octanol–water partition coefficient (Wildman–Crippen LogP) is 0.906. The zero-order chi connectivity index (χ0) is 9.14. The Hall–Kier alpha value is -1.51. The minimum absolute atomic E-state index is 0.0126. The SMILES string of the molecule is CC(=O)c1ccc(C(C)=O)[nH+]c1. The highest BCUT2D eigenvalue weighted by atomic mass is 16.1. The molecular formula is C9H10NO2+. The van der Waals surface area contributed by atoms with Crippen molar-refractivity contribution in [2.75, 3.05) is 0 Å². The maximum atomic E-state index is 10.8. The summed E-state index contributed by atoms with van der Waals surface area (Å²) in [6.45, 7) is 2.95. The fourth-order valence-electron chi connectivity index (χ4n) is 0.863. The van der Waals surface area contributed by atoms with Gasteiger partial charge in [-0.25, -0.2) is 4.98 Å². The summed E-state index contributed by atoms with van der Waals surface area (Å²) < 4.78 is 0. The standard InChI is InChI=1S/C9H9NO2/c1-6(11)8-3-4-9(7(2)12)10-5-8/h3-5H,1-2H3/p+1. The number of pyridine rings is 1. The number of Topliss-reactive ketones (excluding diaryl/α,β-unsaturated/α-hetero) is 2. The van der Waals surface area contributed by atoms with Crippen molar-refractivity contribution in [3.63, 3.8) is 0 Å². The summed E-state index contributed by atoms with van der Waals surface area (Å²) in [5.41, 5.74) is 1.10. The molecule has 0 aliphatic heterocycles. The molecule has 0 unspecified atom stereocenters. The molecule has 0 bridgehead atoms. The average molecular weight is 164 g/mol. The van der Waals surface area contributed by atoms with Gasteiger partial charge >= 0.3 is 0 Å². The lowest BCUT2D eigenvalue weighted by Crippen LogP contribution is -2.15. The van der Waals surface area contributed by atoms with Gasteiger partial charge < -0.3 is 0 Å². The van der Waals surface area contributed by atoms with Gasteiger partial charge in [0.05, 0.1) is 5.56 Å². The Morgan fingerprint density at radius 2 is 1.83 bits per heavy atom. The lowest BCUT2D eigenvalue weighted by molar-refractivity contribution is -0.382. The first-order valence-corrected chi connectivity index (χ1v) is 3.65. The van der Waals surface area contributed by atoms with Crippen LogP contribution in [0, 0.1) is 0 Å². The summed E-state index contributed by atoms with van der Waals surface area (Å²) in [6.07, 6.45) is 1.54. The van der Waals surface area contributed by atoms with Crippen LogP contribution in [0.3, 0.4) is 0 Å². The first-order valence-electron chi connectivity index (χ1n) is 3.65. The van der Waals surface area contributed by atoms with E-state index < -0.39 is 0 Å². The fraction of sp³-hybridized carbons (Fsp3) is 0.222. The second kappa shape index (κ2) is 3.26. The molecule has 12 heavy (non-hydrogen) atoms. The van der Waals surface area contributed by atoms with E-state index in [1.54, 1.807) is 18.3 Å².